The van der Waals surface area contributed by atoms with Gasteiger partial charge >= 0.3 is 5.97 Å². The van der Waals surface area contributed by atoms with Gasteiger partial charge in [0.2, 0.25) is 0 Å². The van der Waals surface area contributed by atoms with Crippen LogP contribution in [0.1, 0.15) is 15.9 Å². The quantitative estimate of drug-likeness (QED) is 0.851. The van der Waals surface area contributed by atoms with Crippen molar-refractivity contribution in [2.75, 3.05) is 7.11 Å². The van der Waals surface area contributed by atoms with E-state index in [1.807, 2.05) is 24.3 Å². The molecule has 0 saturated heterocycles. The summed E-state index contributed by atoms with van der Waals surface area (Å²) in [5, 5.41) is 8.90. The van der Waals surface area contributed by atoms with Crippen molar-refractivity contribution >= 4 is 17.7 Å². The molecule has 2 aromatic carbocycles. The van der Waals surface area contributed by atoms with Gasteiger partial charge in [-0.05, 0) is 35.9 Å². The molecule has 0 aliphatic heterocycles. The fourth-order valence-corrected chi connectivity index (χ4v) is 2.56. The highest BCUT2D eigenvalue weighted by atomic mass is 32.2. The van der Waals surface area contributed by atoms with Gasteiger partial charge in [-0.1, -0.05) is 12.1 Å². The highest BCUT2D eigenvalue weighted by Crippen LogP contribution is 2.27. The molecule has 0 heterocycles. The largest absolute Gasteiger partial charge is 0.497 e. The van der Waals surface area contributed by atoms with Gasteiger partial charge < -0.3 is 9.84 Å². The Hall–Kier alpha value is -2.01. The zero-order chi connectivity index (χ0) is 14.5. The molecule has 0 aliphatic rings. The first-order valence-corrected chi connectivity index (χ1v) is 6.87. The van der Waals surface area contributed by atoms with Gasteiger partial charge in [0.1, 0.15) is 11.6 Å². The second-order valence-corrected chi connectivity index (χ2v) is 5.10. The predicted octanol–water partition coefficient (Wildman–Crippen LogP) is 3.82. The van der Waals surface area contributed by atoms with E-state index in [4.69, 9.17) is 9.84 Å². The fraction of sp³-hybridized carbons (Fsp3) is 0.133. The number of carboxylic acid groups (broad SMARTS) is 1. The van der Waals surface area contributed by atoms with Crippen molar-refractivity contribution in [3.8, 4) is 5.75 Å². The molecule has 0 aliphatic carbocycles. The lowest BCUT2D eigenvalue weighted by Crippen LogP contribution is -1.97. The third kappa shape index (κ3) is 3.51. The fourth-order valence-electron chi connectivity index (χ4n) is 1.63. The zero-order valence-electron chi connectivity index (χ0n) is 10.8. The second kappa shape index (κ2) is 6.43. The average molecular weight is 292 g/mol. The lowest BCUT2D eigenvalue weighted by atomic mass is 10.2. The summed E-state index contributed by atoms with van der Waals surface area (Å²) in [5.41, 5.74) is 1.10. The molecule has 0 fully saturated rings. The first-order chi connectivity index (χ1) is 9.60. The molecule has 0 aromatic heterocycles. The van der Waals surface area contributed by atoms with Gasteiger partial charge in [-0.15, -0.1) is 11.8 Å². The van der Waals surface area contributed by atoms with Gasteiger partial charge in [0.05, 0.1) is 12.7 Å². The van der Waals surface area contributed by atoms with E-state index in [9.17, 15) is 9.18 Å². The Kier molecular flexibility index (Phi) is 4.63. The number of benzene rings is 2. The minimum atomic E-state index is -1.06. The molecule has 0 amide bonds. The molecule has 1 N–H and O–H groups in total. The van der Waals surface area contributed by atoms with E-state index in [-0.39, 0.29) is 5.56 Å². The average Bonchev–Trinajstić information content (AvgIpc) is 2.46. The van der Waals surface area contributed by atoms with Crippen molar-refractivity contribution in [2.45, 2.75) is 10.6 Å². The van der Waals surface area contributed by atoms with Gasteiger partial charge in [-0.2, -0.15) is 0 Å². The number of hydrogen-bond acceptors (Lipinski definition) is 3. The predicted molar refractivity (Wildman–Crippen MR) is 75.9 cm³/mol. The third-order valence-corrected chi connectivity index (χ3v) is 3.83. The molecule has 5 heteroatoms. The second-order valence-electron chi connectivity index (χ2n) is 4.09. The first kappa shape index (κ1) is 14.4. The Morgan fingerprint density at radius 3 is 2.55 bits per heavy atom. The summed E-state index contributed by atoms with van der Waals surface area (Å²) in [5.74, 6) is -0.146. The Morgan fingerprint density at radius 1 is 1.25 bits per heavy atom. The molecular weight excluding hydrogens is 279 g/mol. The number of thioether (sulfide) groups is 1. The summed E-state index contributed by atoms with van der Waals surface area (Å²) in [7, 11) is 1.59. The Labute approximate surface area is 120 Å². The standard InChI is InChI=1S/C15H13FO3S/c1-19-12-5-2-10(3-6-12)9-20-14-8-11(15(17)18)4-7-13(14)16/h2-8H,9H2,1H3,(H,17,18). The van der Waals surface area contributed by atoms with Gasteiger partial charge in [-0.3, -0.25) is 0 Å². The zero-order valence-corrected chi connectivity index (χ0v) is 11.6. The number of aromatic carboxylic acids is 1. The van der Waals surface area contributed by atoms with E-state index >= 15 is 0 Å². The van der Waals surface area contributed by atoms with E-state index in [1.165, 1.54) is 30.0 Å². The number of carbonyl (C=O) groups is 1. The van der Waals surface area contributed by atoms with Crippen LogP contribution in [0.3, 0.4) is 0 Å². The topological polar surface area (TPSA) is 46.5 Å². The minimum Gasteiger partial charge on any atom is -0.497 e. The maximum absolute atomic E-state index is 13.6. The Morgan fingerprint density at radius 2 is 1.95 bits per heavy atom. The van der Waals surface area contributed by atoms with Gasteiger partial charge in [0.15, 0.2) is 0 Å². The number of hydrogen-bond donors (Lipinski definition) is 1. The normalized spacial score (nSPS) is 10.3. The summed E-state index contributed by atoms with van der Waals surface area (Å²) in [4.78, 5) is 11.2. The molecule has 0 radical (unpaired) electrons. The van der Waals surface area contributed by atoms with Crippen LogP contribution in [0.15, 0.2) is 47.4 Å². The van der Waals surface area contributed by atoms with E-state index in [0.717, 1.165) is 11.3 Å². The van der Waals surface area contributed by atoms with Crippen LogP contribution in [0.5, 0.6) is 5.75 Å². The monoisotopic (exact) mass is 292 g/mol. The number of ether oxygens (including phenoxy) is 1. The molecular formula is C15H13FO3S. The molecule has 0 unspecified atom stereocenters. The molecule has 20 heavy (non-hydrogen) atoms. The summed E-state index contributed by atoms with van der Waals surface area (Å²) >= 11 is 1.27. The van der Waals surface area contributed by atoms with Crippen LogP contribution in [0.4, 0.5) is 4.39 Å². The molecule has 2 rings (SSSR count). The molecule has 2 aromatic rings. The van der Waals surface area contributed by atoms with E-state index in [2.05, 4.69) is 0 Å². The highest BCUT2D eigenvalue weighted by molar-refractivity contribution is 7.98. The number of halogens is 1. The Bertz CT molecular complexity index is 611. The lowest BCUT2D eigenvalue weighted by Gasteiger charge is -2.06. The number of methoxy groups -OCH3 is 1. The lowest BCUT2D eigenvalue weighted by molar-refractivity contribution is 0.0696. The molecule has 0 saturated carbocycles. The van der Waals surface area contributed by atoms with E-state index in [1.54, 1.807) is 7.11 Å². The van der Waals surface area contributed by atoms with Crippen molar-refractivity contribution in [1.29, 1.82) is 0 Å². The first-order valence-electron chi connectivity index (χ1n) is 5.88. The van der Waals surface area contributed by atoms with Crippen molar-refractivity contribution < 1.29 is 19.0 Å². The van der Waals surface area contributed by atoms with Crippen molar-refractivity contribution in [3.05, 3.63) is 59.4 Å². The molecule has 3 nitrogen and oxygen atoms in total. The third-order valence-electron chi connectivity index (χ3n) is 2.73. The summed E-state index contributed by atoms with van der Waals surface area (Å²) in [6, 6.07) is 11.2. The molecule has 0 spiro atoms. The summed E-state index contributed by atoms with van der Waals surface area (Å²) in [6.45, 7) is 0. The number of rotatable bonds is 5. The van der Waals surface area contributed by atoms with Crippen LogP contribution < -0.4 is 4.74 Å². The molecule has 0 bridgehead atoms. The highest BCUT2D eigenvalue weighted by Gasteiger charge is 2.09. The maximum Gasteiger partial charge on any atom is 0.335 e. The Balaban J connectivity index is 2.09. The van der Waals surface area contributed by atoms with Crippen molar-refractivity contribution in [3.63, 3.8) is 0 Å². The summed E-state index contributed by atoms with van der Waals surface area (Å²) < 4.78 is 18.7. The van der Waals surface area contributed by atoms with Gasteiger partial charge in [0, 0.05) is 10.6 Å². The van der Waals surface area contributed by atoms with E-state index < -0.39 is 11.8 Å². The van der Waals surface area contributed by atoms with Crippen LogP contribution in [-0.2, 0) is 5.75 Å². The van der Waals surface area contributed by atoms with Crippen molar-refractivity contribution in [1.82, 2.24) is 0 Å². The molecule has 0 atom stereocenters. The van der Waals surface area contributed by atoms with Crippen LogP contribution in [0.2, 0.25) is 0 Å². The number of carboxylic acids is 1. The van der Waals surface area contributed by atoms with Crippen LogP contribution in [0.25, 0.3) is 0 Å². The minimum absolute atomic E-state index is 0.0867. The maximum atomic E-state index is 13.6. The van der Waals surface area contributed by atoms with Crippen molar-refractivity contribution in [2.24, 2.45) is 0 Å². The smallest absolute Gasteiger partial charge is 0.335 e. The van der Waals surface area contributed by atoms with Gasteiger partial charge in [0.25, 0.3) is 0 Å². The summed E-state index contributed by atoms with van der Waals surface area (Å²) in [6.07, 6.45) is 0. The van der Waals surface area contributed by atoms with Crippen LogP contribution in [-0.4, -0.2) is 18.2 Å². The van der Waals surface area contributed by atoms with Crippen LogP contribution in [0, 0.1) is 5.82 Å². The SMILES string of the molecule is COc1ccc(CSc2cc(C(=O)O)ccc2F)cc1. The van der Waals surface area contributed by atoms with Crippen LogP contribution >= 0.6 is 11.8 Å². The van der Waals surface area contributed by atoms with Gasteiger partial charge in [-0.25, -0.2) is 9.18 Å². The molecule has 104 valence electrons. The van der Waals surface area contributed by atoms with E-state index in [0.29, 0.717) is 10.6 Å².